The molecule has 2 amide bonds. The van der Waals surface area contributed by atoms with Crippen LogP contribution in [0.4, 0.5) is 10.1 Å². The van der Waals surface area contributed by atoms with Crippen molar-refractivity contribution < 1.29 is 33.3 Å². The average Bonchev–Trinajstić information content (AvgIpc) is 3.65. The Balaban J connectivity index is 1.18. The second-order valence-corrected chi connectivity index (χ2v) is 15.8. The van der Waals surface area contributed by atoms with Crippen LogP contribution in [0.2, 0.25) is 5.02 Å². The molecule has 2 aliphatic heterocycles. The van der Waals surface area contributed by atoms with Crippen LogP contribution in [0.5, 0.6) is 23.0 Å². The van der Waals surface area contributed by atoms with Gasteiger partial charge in [0.1, 0.15) is 23.0 Å². The fourth-order valence-electron chi connectivity index (χ4n) is 9.48. The number of imide groups is 1. The van der Waals surface area contributed by atoms with Gasteiger partial charge in [-0.15, -0.1) is 0 Å². The number of nitrogens with zero attached hydrogens (tertiary/aromatic N) is 6. The van der Waals surface area contributed by atoms with Crippen molar-refractivity contribution in [1.82, 2.24) is 28.5 Å². The highest BCUT2D eigenvalue weighted by Crippen LogP contribution is 2.63. The molecule has 0 bridgehead atoms. The highest BCUT2D eigenvalue weighted by Gasteiger charge is 2.69. The number of carbonyl (C=O) groups is 2. The van der Waals surface area contributed by atoms with Gasteiger partial charge in [0, 0.05) is 48.6 Å². The van der Waals surface area contributed by atoms with Crippen molar-refractivity contribution in [3.8, 4) is 23.0 Å². The molecule has 16 nitrogen and oxygen atoms in total. The van der Waals surface area contributed by atoms with Gasteiger partial charge in [-0.1, -0.05) is 29.8 Å². The Hall–Kier alpha value is -7.14. The van der Waals surface area contributed by atoms with Crippen LogP contribution < -0.4 is 36.6 Å². The molecule has 18 heteroatoms. The van der Waals surface area contributed by atoms with E-state index in [0.29, 0.717) is 44.4 Å². The zero-order chi connectivity index (χ0) is 43.8. The van der Waals surface area contributed by atoms with E-state index in [0.717, 1.165) is 9.58 Å². The number of hydrazine groups is 1. The predicted molar refractivity (Wildman–Crippen MR) is 224 cm³/mol. The van der Waals surface area contributed by atoms with Crippen molar-refractivity contribution in [1.29, 1.82) is 0 Å². The number of ether oxygens (including phenoxy) is 3. The SMILES string of the molecule is COc1ccc(O)c([C@H]2C3=CCn4c(=O)n(CCc5nc6cc(OC)c(OC)cc6n(C)c5=O)c(=O)n4[C@@H]3C[C@H]3C(=O)N(Nc4ccc(F)cc4)C(=O)[C@@]23c2ccc(Cl)cc2)c1. The second kappa shape index (κ2) is 15.1. The first-order chi connectivity index (χ1) is 29.8. The Morgan fingerprint density at radius 1 is 0.903 bits per heavy atom. The summed E-state index contributed by atoms with van der Waals surface area (Å²) in [6.07, 6.45) is 1.55. The van der Waals surface area contributed by atoms with E-state index in [2.05, 4.69) is 10.4 Å². The van der Waals surface area contributed by atoms with E-state index in [1.807, 2.05) is 0 Å². The number of hydrogen-bond acceptors (Lipinski definition) is 11. The van der Waals surface area contributed by atoms with E-state index in [1.54, 1.807) is 61.7 Å². The first-order valence-electron chi connectivity index (χ1n) is 19.6. The fourth-order valence-corrected chi connectivity index (χ4v) is 9.61. The monoisotopic (exact) mass is 863 g/mol. The number of hydrogen-bond donors (Lipinski definition) is 2. The third-order valence-electron chi connectivity index (χ3n) is 12.4. The van der Waals surface area contributed by atoms with Crippen LogP contribution in [0.25, 0.3) is 11.0 Å². The number of amides is 2. The van der Waals surface area contributed by atoms with Gasteiger partial charge in [-0.2, -0.15) is 5.01 Å². The highest BCUT2D eigenvalue weighted by molar-refractivity contribution is 6.30. The van der Waals surface area contributed by atoms with Gasteiger partial charge >= 0.3 is 11.4 Å². The maximum Gasteiger partial charge on any atom is 0.347 e. The van der Waals surface area contributed by atoms with Crippen molar-refractivity contribution in [3.63, 3.8) is 0 Å². The van der Waals surface area contributed by atoms with E-state index >= 15 is 4.79 Å². The van der Waals surface area contributed by atoms with E-state index in [1.165, 1.54) is 65.6 Å². The van der Waals surface area contributed by atoms with Gasteiger partial charge in [-0.25, -0.2) is 32.9 Å². The van der Waals surface area contributed by atoms with Gasteiger partial charge in [0.15, 0.2) is 11.5 Å². The minimum atomic E-state index is -1.75. The number of rotatable bonds is 10. The first-order valence-corrected chi connectivity index (χ1v) is 20.0. The molecule has 0 radical (unpaired) electrons. The van der Waals surface area contributed by atoms with Gasteiger partial charge in [0.2, 0.25) is 0 Å². The largest absolute Gasteiger partial charge is 0.508 e. The Labute approximate surface area is 356 Å². The summed E-state index contributed by atoms with van der Waals surface area (Å²) in [5.41, 5.74) is 1.78. The minimum Gasteiger partial charge on any atom is -0.508 e. The van der Waals surface area contributed by atoms with Crippen LogP contribution in [0.1, 0.15) is 35.2 Å². The summed E-state index contributed by atoms with van der Waals surface area (Å²) < 4.78 is 35.4. The van der Waals surface area contributed by atoms with Crippen LogP contribution >= 0.6 is 11.6 Å². The lowest BCUT2D eigenvalue weighted by atomic mass is 9.53. The molecule has 2 fully saturated rings. The van der Waals surface area contributed by atoms with Crippen molar-refractivity contribution in [2.24, 2.45) is 13.0 Å². The smallest absolute Gasteiger partial charge is 0.347 e. The molecule has 62 heavy (non-hydrogen) atoms. The fraction of sp³-hybridized carbons (Fsp3) is 0.273. The number of allylic oxidation sites excluding steroid dienone is 2. The third kappa shape index (κ3) is 6.01. The Morgan fingerprint density at radius 3 is 2.31 bits per heavy atom. The van der Waals surface area contributed by atoms with Gasteiger partial charge in [0.25, 0.3) is 17.4 Å². The molecular weight excluding hydrogens is 825 g/mol. The highest BCUT2D eigenvalue weighted by atomic mass is 35.5. The lowest BCUT2D eigenvalue weighted by molar-refractivity contribution is -0.138. The first kappa shape index (κ1) is 40.3. The van der Waals surface area contributed by atoms with Crippen molar-refractivity contribution in [2.75, 3.05) is 26.8 Å². The summed E-state index contributed by atoms with van der Waals surface area (Å²) in [5, 5.41) is 13.0. The molecule has 4 atom stereocenters. The van der Waals surface area contributed by atoms with Crippen LogP contribution in [-0.4, -0.2) is 66.7 Å². The summed E-state index contributed by atoms with van der Waals surface area (Å²) in [6, 6.07) is 18.5. The molecular formula is C44H39ClFN7O9. The number of carbonyl (C=O) groups excluding carboxylic acids is 2. The zero-order valence-corrected chi connectivity index (χ0v) is 34.6. The molecule has 6 aromatic rings. The lowest BCUT2D eigenvalue weighted by Gasteiger charge is -2.49. The number of halogens is 2. The standard InChI is InChI=1S/C44H39ClFN7O9/c1-49-34-22-37(62-4)36(61-3)21-32(34)47-31(40(49)56)16-17-50-42(58)51-18-15-28-33(53(51)43(50)59)20-30-39(55)52(48-26-11-9-25(46)10-12-26)41(57)44(30,23-5-7-24(45)8-6-23)38(28)29-19-27(60-2)13-14-35(29)54/h5-15,19,21-22,30,33,38,48,54H,16-18,20H2,1-4H3/t30-,33+,38+,44+/m0/s1. The van der Waals surface area contributed by atoms with Crippen LogP contribution in [0, 0.1) is 11.7 Å². The molecule has 2 N–H and O–H groups in total. The molecule has 0 unspecified atom stereocenters. The van der Waals surface area contributed by atoms with Gasteiger partial charge in [-0.05, 0) is 72.2 Å². The average molecular weight is 864 g/mol. The number of nitrogens with one attached hydrogen (secondary N) is 1. The topological polar surface area (TPSA) is 181 Å². The van der Waals surface area contributed by atoms with E-state index in [9.17, 15) is 28.7 Å². The van der Waals surface area contributed by atoms with Crippen molar-refractivity contribution in [3.05, 3.63) is 149 Å². The van der Waals surface area contributed by atoms with Crippen LogP contribution in [0.15, 0.2) is 105 Å². The molecule has 1 saturated carbocycles. The number of aromatic nitrogens is 5. The summed E-state index contributed by atoms with van der Waals surface area (Å²) >= 11 is 6.38. The van der Waals surface area contributed by atoms with Gasteiger partial charge in [-0.3, -0.25) is 19.8 Å². The van der Waals surface area contributed by atoms with Gasteiger partial charge < -0.3 is 23.9 Å². The molecule has 1 saturated heterocycles. The molecule has 2 aromatic heterocycles. The number of methoxy groups -OCH3 is 3. The number of aromatic hydroxyl groups is 1. The van der Waals surface area contributed by atoms with Crippen LogP contribution in [-0.2, 0) is 41.6 Å². The second-order valence-electron chi connectivity index (χ2n) is 15.4. The molecule has 0 spiro atoms. The Bertz CT molecular complexity index is 3050. The van der Waals surface area contributed by atoms with Gasteiger partial charge in [0.05, 0.1) is 62.0 Å². The predicted octanol–water partition coefficient (Wildman–Crippen LogP) is 4.44. The molecule has 4 aromatic carbocycles. The minimum absolute atomic E-state index is 0.0827. The normalized spacial score (nSPS) is 20.4. The summed E-state index contributed by atoms with van der Waals surface area (Å²) in [6.45, 7) is -0.314. The zero-order valence-electron chi connectivity index (χ0n) is 33.8. The molecule has 318 valence electrons. The maximum absolute atomic E-state index is 15.4. The van der Waals surface area contributed by atoms with E-state index < -0.39 is 57.9 Å². The summed E-state index contributed by atoms with van der Waals surface area (Å²) in [4.78, 5) is 77.3. The number of fused-ring (bicyclic) bond motifs is 5. The van der Waals surface area contributed by atoms with Crippen molar-refractivity contribution in [2.45, 2.75) is 43.3 Å². The molecule has 9 rings (SSSR count). The Kier molecular flexibility index (Phi) is 9.80. The summed E-state index contributed by atoms with van der Waals surface area (Å²) in [7, 11) is 6.00. The maximum atomic E-state index is 15.4. The number of benzene rings is 4. The summed E-state index contributed by atoms with van der Waals surface area (Å²) in [5.74, 6) is -3.19. The number of aryl methyl sites for hydroxylation is 2. The number of phenolic OH excluding ortho intramolecular Hbond substituents is 1. The third-order valence-corrected chi connectivity index (χ3v) is 12.6. The van der Waals surface area contributed by atoms with E-state index in [-0.39, 0.29) is 48.6 Å². The molecule has 4 heterocycles. The lowest BCUT2D eigenvalue weighted by Crippen LogP contribution is -2.53. The van der Waals surface area contributed by atoms with E-state index in [4.69, 9.17) is 25.8 Å². The Morgan fingerprint density at radius 2 is 1.61 bits per heavy atom. The molecule has 3 aliphatic rings. The number of anilines is 1. The number of phenols is 1. The molecule has 1 aliphatic carbocycles. The quantitative estimate of drug-likeness (QED) is 0.147. The van der Waals surface area contributed by atoms with Crippen LogP contribution in [0.3, 0.4) is 0 Å². The van der Waals surface area contributed by atoms with Crippen molar-refractivity contribution >= 4 is 40.1 Å².